The Morgan fingerprint density at radius 2 is 1.93 bits per heavy atom. The SMILES string of the molecule is C[C@@H](O)[C@@H](O)[C@H](O)[C@@H](C=O)OC(=O)CN. The molecule has 0 bridgehead atoms. The number of hydrogen-bond donors (Lipinski definition) is 4. The zero-order valence-electron chi connectivity index (χ0n) is 8.24. The molecule has 0 saturated heterocycles. The highest BCUT2D eigenvalue weighted by atomic mass is 16.6. The first-order valence-corrected chi connectivity index (χ1v) is 4.33. The average Bonchev–Trinajstić information content (AvgIpc) is 2.23. The molecule has 7 nitrogen and oxygen atoms in total. The lowest BCUT2D eigenvalue weighted by atomic mass is 10.1. The number of carbonyl (C=O) groups excluding carboxylic acids is 2. The van der Waals surface area contributed by atoms with Crippen molar-refractivity contribution in [2.45, 2.75) is 31.3 Å². The summed E-state index contributed by atoms with van der Waals surface area (Å²) in [4.78, 5) is 21.2. The molecule has 4 atom stereocenters. The molecule has 0 aliphatic heterocycles. The van der Waals surface area contributed by atoms with Gasteiger partial charge in [0, 0.05) is 0 Å². The van der Waals surface area contributed by atoms with E-state index in [1.165, 1.54) is 6.92 Å². The molecule has 0 rings (SSSR count). The molecule has 15 heavy (non-hydrogen) atoms. The van der Waals surface area contributed by atoms with Crippen LogP contribution in [0.3, 0.4) is 0 Å². The van der Waals surface area contributed by atoms with Gasteiger partial charge in [0.05, 0.1) is 12.6 Å². The van der Waals surface area contributed by atoms with Gasteiger partial charge in [0.25, 0.3) is 0 Å². The van der Waals surface area contributed by atoms with Gasteiger partial charge in [-0.05, 0) is 6.92 Å². The molecular weight excluding hydrogens is 206 g/mol. The van der Waals surface area contributed by atoms with Crippen molar-refractivity contribution in [1.82, 2.24) is 0 Å². The molecule has 0 saturated carbocycles. The quantitative estimate of drug-likeness (QED) is 0.280. The van der Waals surface area contributed by atoms with Crippen molar-refractivity contribution in [2.75, 3.05) is 6.54 Å². The Kier molecular flexibility index (Phi) is 6.02. The minimum absolute atomic E-state index is 0.157. The zero-order chi connectivity index (χ0) is 12.0. The van der Waals surface area contributed by atoms with Gasteiger partial charge in [-0.25, -0.2) is 0 Å². The van der Waals surface area contributed by atoms with Gasteiger partial charge in [-0.2, -0.15) is 0 Å². The van der Waals surface area contributed by atoms with Crippen molar-refractivity contribution in [2.24, 2.45) is 5.73 Å². The van der Waals surface area contributed by atoms with Gasteiger partial charge < -0.3 is 25.8 Å². The van der Waals surface area contributed by atoms with E-state index in [4.69, 9.17) is 10.8 Å². The standard InChI is InChI=1S/C8H15NO6/c1-4(11)7(13)8(14)5(3-10)15-6(12)2-9/h3-5,7-8,11,13-14H,2,9H2,1H3/t4-,5-,7-,8-/m1/s1. The summed E-state index contributed by atoms with van der Waals surface area (Å²) in [5.74, 6) is -0.885. The second-order valence-electron chi connectivity index (χ2n) is 3.02. The summed E-state index contributed by atoms with van der Waals surface area (Å²) in [5.41, 5.74) is 4.93. The topological polar surface area (TPSA) is 130 Å². The average molecular weight is 221 g/mol. The summed E-state index contributed by atoms with van der Waals surface area (Å²) in [6.07, 6.45) is -5.89. The molecule has 0 radical (unpaired) electrons. The molecule has 0 amide bonds. The third kappa shape index (κ3) is 4.34. The van der Waals surface area contributed by atoms with Crippen LogP contribution in [0.2, 0.25) is 0 Å². The largest absolute Gasteiger partial charge is 0.451 e. The Bertz CT molecular complexity index is 219. The van der Waals surface area contributed by atoms with Gasteiger partial charge in [-0.1, -0.05) is 0 Å². The van der Waals surface area contributed by atoms with Crippen LogP contribution in [-0.2, 0) is 14.3 Å². The van der Waals surface area contributed by atoms with E-state index in [2.05, 4.69) is 4.74 Å². The van der Waals surface area contributed by atoms with Gasteiger partial charge in [-0.3, -0.25) is 9.59 Å². The number of carbonyl (C=O) groups is 2. The van der Waals surface area contributed by atoms with E-state index < -0.39 is 36.9 Å². The number of aliphatic hydroxyl groups is 3. The van der Waals surface area contributed by atoms with Crippen molar-refractivity contribution < 1.29 is 29.6 Å². The smallest absolute Gasteiger partial charge is 0.320 e. The van der Waals surface area contributed by atoms with Crippen LogP contribution >= 0.6 is 0 Å². The summed E-state index contributed by atoms with van der Waals surface area (Å²) in [6, 6.07) is 0. The van der Waals surface area contributed by atoms with Crippen LogP contribution in [0.25, 0.3) is 0 Å². The van der Waals surface area contributed by atoms with E-state index in [9.17, 15) is 19.8 Å². The third-order valence-electron chi connectivity index (χ3n) is 1.75. The highest BCUT2D eigenvalue weighted by Crippen LogP contribution is 2.06. The molecule has 0 spiro atoms. The van der Waals surface area contributed by atoms with E-state index in [-0.39, 0.29) is 6.29 Å². The molecule has 0 unspecified atom stereocenters. The van der Waals surface area contributed by atoms with Gasteiger partial charge in [-0.15, -0.1) is 0 Å². The van der Waals surface area contributed by atoms with Crippen LogP contribution in [0.4, 0.5) is 0 Å². The van der Waals surface area contributed by atoms with E-state index >= 15 is 0 Å². The van der Waals surface area contributed by atoms with E-state index in [1.807, 2.05) is 0 Å². The molecule has 0 fully saturated rings. The highest BCUT2D eigenvalue weighted by molar-refractivity contribution is 5.74. The number of aliphatic hydroxyl groups excluding tert-OH is 3. The second-order valence-corrected chi connectivity index (χ2v) is 3.02. The summed E-state index contributed by atoms with van der Waals surface area (Å²) in [7, 11) is 0. The first-order chi connectivity index (χ1) is 6.93. The third-order valence-corrected chi connectivity index (χ3v) is 1.75. The fraction of sp³-hybridized carbons (Fsp3) is 0.750. The van der Waals surface area contributed by atoms with Crippen molar-refractivity contribution in [3.05, 3.63) is 0 Å². The summed E-state index contributed by atoms with van der Waals surface area (Å²) in [5, 5.41) is 27.5. The van der Waals surface area contributed by atoms with Crippen molar-refractivity contribution in [1.29, 1.82) is 0 Å². The van der Waals surface area contributed by atoms with Crippen LogP contribution in [0.5, 0.6) is 0 Å². The number of esters is 1. The minimum Gasteiger partial charge on any atom is -0.451 e. The maximum absolute atomic E-state index is 10.7. The number of aldehydes is 1. The highest BCUT2D eigenvalue weighted by Gasteiger charge is 2.31. The summed E-state index contributed by atoms with van der Waals surface area (Å²) in [6.45, 7) is 0.780. The molecule has 0 aromatic rings. The number of hydrogen-bond acceptors (Lipinski definition) is 7. The zero-order valence-corrected chi connectivity index (χ0v) is 8.24. The molecule has 7 heteroatoms. The Morgan fingerprint density at radius 3 is 2.27 bits per heavy atom. The summed E-state index contributed by atoms with van der Waals surface area (Å²) < 4.78 is 4.43. The molecule has 0 aromatic heterocycles. The maximum Gasteiger partial charge on any atom is 0.320 e. The van der Waals surface area contributed by atoms with Crippen LogP contribution in [0, 0.1) is 0 Å². The first-order valence-electron chi connectivity index (χ1n) is 4.33. The second kappa shape index (κ2) is 6.46. The monoisotopic (exact) mass is 221 g/mol. The maximum atomic E-state index is 10.7. The van der Waals surface area contributed by atoms with Gasteiger partial charge in [0.1, 0.15) is 12.2 Å². The first kappa shape index (κ1) is 14.0. The van der Waals surface area contributed by atoms with Crippen molar-refractivity contribution >= 4 is 12.3 Å². The molecule has 0 aliphatic rings. The van der Waals surface area contributed by atoms with Crippen LogP contribution in [0.15, 0.2) is 0 Å². The predicted molar refractivity (Wildman–Crippen MR) is 48.7 cm³/mol. The number of ether oxygens (including phenoxy) is 1. The van der Waals surface area contributed by atoms with Crippen LogP contribution in [0.1, 0.15) is 6.92 Å². The van der Waals surface area contributed by atoms with Gasteiger partial charge in [0.15, 0.2) is 12.4 Å². The Labute approximate surface area is 86.5 Å². The predicted octanol–water partition coefficient (Wildman–Crippen LogP) is -2.84. The van der Waals surface area contributed by atoms with Crippen molar-refractivity contribution in [3.63, 3.8) is 0 Å². The lowest BCUT2D eigenvalue weighted by Gasteiger charge is -2.24. The van der Waals surface area contributed by atoms with E-state index in [0.29, 0.717) is 0 Å². The van der Waals surface area contributed by atoms with Crippen LogP contribution < -0.4 is 5.73 Å². The Morgan fingerprint density at radius 1 is 1.40 bits per heavy atom. The molecule has 0 aliphatic carbocycles. The Balaban J connectivity index is 4.39. The lowest BCUT2D eigenvalue weighted by Crippen LogP contribution is -2.46. The molecule has 0 aromatic carbocycles. The number of nitrogens with two attached hydrogens (primary N) is 1. The fourth-order valence-electron chi connectivity index (χ4n) is 0.858. The number of rotatable bonds is 6. The fourth-order valence-corrected chi connectivity index (χ4v) is 0.858. The van der Waals surface area contributed by atoms with Crippen molar-refractivity contribution in [3.8, 4) is 0 Å². The van der Waals surface area contributed by atoms with Gasteiger partial charge in [0.2, 0.25) is 0 Å². The van der Waals surface area contributed by atoms with E-state index in [1.54, 1.807) is 0 Å². The van der Waals surface area contributed by atoms with E-state index in [0.717, 1.165) is 0 Å². The molecular formula is C8H15NO6. The lowest BCUT2D eigenvalue weighted by molar-refractivity contribution is -0.164. The summed E-state index contributed by atoms with van der Waals surface area (Å²) >= 11 is 0. The Hall–Kier alpha value is -1.02. The van der Waals surface area contributed by atoms with Gasteiger partial charge >= 0.3 is 5.97 Å². The molecule has 5 N–H and O–H groups in total. The van der Waals surface area contributed by atoms with Crippen LogP contribution in [-0.4, -0.2) is 58.5 Å². The normalized spacial score (nSPS) is 18.7. The molecule has 0 heterocycles. The minimum atomic E-state index is -1.68. The molecule has 88 valence electrons.